The van der Waals surface area contributed by atoms with Crippen LogP contribution in [0.25, 0.3) is 0 Å². The highest BCUT2D eigenvalue weighted by Crippen LogP contribution is 2.22. The molecule has 1 aliphatic heterocycles. The van der Waals surface area contributed by atoms with E-state index in [0.29, 0.717) is 17.7 Å². The number of aryl methyl sites for hydroxylation is 1. The quantitative estimate of drug-likeness (QED) is 0.242. The highest BCUT2D eigenvalue weighted by molar-refractivity contribution is 5.80. The van der Waals surface area contributed by atoms with E-state index < -0.39 is 18.2 Å². The van der Waals surface area contributed by atoms with Crippen molar-refractivity contribution in [3.63, 3.8) is 0 Å². The van der Waals surface area contributed by atoms with Crippen molar-refractivity contribution in [3.05, 3.63) is 42.0 Å². The van der Waals surface area contributed by atoms with Crippen LogP contribution in [0, 0.1) is 5.92 Å². The first-order valence-electron chi connectivity index (χ1n) is 8.33. The molecule has 140 valence electrons. The Morgan fingerprint density at radius 2 is 1.85 bits per heavy atom. The highest BCUT2D eigenvalue weighted by Gasteiger charge is 2.28. The van der Waals surface area contributed by atoms with E-state index in [1.165, 1.54) is 19.9 Å². The molecule has 1 aromatic carbocycles. The van der Waals surface area contributed by atoms with Gasteiger partial charge >= 0.3 is 11.9 Å². The Balaban J connectivity index is 1.81. The Morgan fingerprint density at radius 3 is 2.50 bits per heavy atom. The van der Waals surface area contributed by atoms with Crippen LogP contribution in [0.5, 0.6) is 5.75 Å². The zero-order valence-electron chi connectivity index (χ0n) is 15.0. The molecule has 2 rings (SSSR count). The molecule has 0 fully saturated rings. The van der Waals surface area contributed by atoms with Gasteiger partial charge in [0.25, 0.3) is 0 Å². The monoisotopic (exact) mass is 362 g/mol. The number of carbonyl (C=O) groups excluding carboxylic acids is 3. The summed E-state index contributed by atoms with van der Waals surface area (Å²) in [5, 5.41) is 0. The second-order valence-corrected chi connectivity index (χ2v) is 5.98. The standard InChI is InChI=1S/C19H22O7/c1-12(20)16-9-11-19(23-13(16)2)26-25-18(22)10-8-15-6-4-5-7-17(15)24-14(3)21/h4-7,9,11,13,16,19H,8,10H2,1-3H3. The summed E-state index contributed by atoms with van der Waals surface area (Å²) in [4.78, 5) is 44.1. The molecular weight excluding hydrogens is 340 g/mol. The zero-order valence-corrected chi connectivity index (χ0v) is 15.0. The van der Waals surface area contributed by atoms with Crippen LogP contribution in [0.2, 0.25) is 0 Å². The predicted octanol–water partition coefficient (Wildman–Crippen LogP) is 2.53. The Morgan fingerprint density at radius 1 is 1.12 bits per heavy atom. The van der Waals surface area contributed by atoms with E-state index in [2.05, 4.69) is 0 Å². The fraction of sp³-hybridized carbons (Fsp3) is 0.421. The summed E-state index contributed by atoms with van der Waals surface area (Å²) in [5.41, 5.74) is 0.714. The molecule has 0 saturated heterocycles. The predicted molar refractivity (Wildman–Crippen MR) is 90.9 cm³/mol. The van der Waals surface area contributed by atoms with Crippen molar-refractivity contribution in [2.45, 2.75) is 46.0 Å². The van der Waals surface area contributed by atoms with Gasteiger partial charge in [-0.25, -0.2) is 4.79 Å². The maximum Gasteiger partial charge on any atom is 0.342 e. The minimum absolute atomic E-state index is 0.00404. The van der Waals surface area contributed by atoms with E-state index in [0.717, 1.165) is 0 Å². The normalized spacial score (nSPS) is 21.9. The third-order valence-electron chi connectivity index (χ3n) is 3.86. The molecule has 7 nitrogen and oxygen atoms in total. The number of ketones is 1. The summed E-state index contributed by atoms with van der Waals surface area (Å²) >= 11 is 0. The van der Waals surface area contributed by atoms with Gasteiger partial charge in [0, 0.05) is 6.92 Å². The van der Waals surface area contributed by atoms with Crippen LogP contribution in [-0.2, 0) is 35.3 Å². The summed E-state index contributed by atoms with van der Waals surface area (Å²) in [5.74, 6) is -0.932. The molecule has 1 aromatic rings. The summed E-state index contributed by atoms with van der Waals surface area (Å²) < 4.78 is 10.6. The molecule has 7 heteroatoms. The van der Waals surface area contributed by atoms with Crippen LogP contribution >= 0.6 is 0 Å². The second-order valence-electron chi connectivity index (χ2n) is 5.98. The average Bonchev–Trinajstić information content (AvgIpc) is 2.58. The van der Waals surface area contributed by atoms with Crippen molar-refractivity contribution < 1.29 is 33.6 Å². The van der Waals surface area contributed by atoms with Gasteiger partial charge in [-0.15, -0.1) is 4.89 Å². The van der Waals surface area contributed by atoms with E-state index >= 15 is 0 Å². The maximum atomic E-state index is 11.9. The van der Waals surface area contributed by atoms with E-state index in [4.69, 9.17) is 19.2 Å². The minimum atomic E-state index is -0.849. The van der Waals surface area contributed by atoms with Crippen molar-refractivity contribution in [3.8, 4) is 5.75 Å². The van der Waals surface area contributed by atoms with Crippen LogP contribution in [0.15, 0.2) is 36.4 Å². The Kier molecular flexibility index (Phi) is 7.06. The lowest BCUT2D eigenvalue weighted by Crippen LogP contribution is -2.34. The van der Waals surface area contributed by atoms with Crippen LogP contribution < -0.4 is 4.74 Å². The fourth-order valence-corrected chi connectivity index (χ4v) is 2.57. The van der Waals surface area contributed by atoms with Crippen LogP contribution in [0.4, 0.5) is 0 Å². The molecule has 26 heavy (non-hydrogen) atoms. The smallest absolute Gasteiger partial charge is 0.342 e. The first kappa shape index (κ1) is 19.8. The Bertz CT molecular complexity index is 695. The molecule has 0 aromatic heterocycles. The summed E-state index contributed by atoms with van der Waals surface area (Å²) in [6.45, 7) is 4.55. The number of hydrogen-bond donors (Lipinski definition) is 0. The lowest BCUT2D eigenvalue weighted by molar-refractivity contribution is -0.347. The number of benzene rings is 1. The van der Waals surface area contributed by atoms with Gasteiger partial charge in [-0.2, -0.15) is 0 Å². The molecule has 1 aliphatic rings. The lowest BCUT2D eigenvalue weighted by atomic mass is 9.97. The maximum absolute atomic E-state index is 11.9. The van der Waals surface area contributed by atoms with Crippen LogP contribution in [0.1, 0.15) is 32.8 Å². The van der Waals surface area contributed by atoms with Crippen molar-refractivity contribution in [1.29, 1.82) is 0 Å². The van der Waals surface area contributed by atoms with Gasteiger partial charge in [0.1, 0.15) is 11.5 Å². The number of ether oxygens (including phenoxy) is 2. The van der Waals surface area contributed by atoms with Crippen molar-refractivity contribution >= 4 is 17.7 Å². The number of rotatable bonds is 7. The van der Waals surface area contributed by atoms with Gasteiger partial charge in [-0.05, 0) is 38.0 Å². The molecule has 0 bridgehead atoms. The number of carbonyl (C=O) groups is 3. The molecule has 0 amide bonds. The van der Waals surface area contributed by atoms with E-state index in [1.54, 1.807) is 37.3 Å². The molecule has 3 unspecified atom stereocenters. The number of hydrogen-bond acceptors (Lipinski definition) is 7. The van der Waals surface area contributed by atoms with Gasteiger partial charge < -0.3 is 9.47 Å². The van der Waals surface area contributed by atoms with Gasteiger partial charge in [-0.1, -0.05) is 24.3 Å². The largest absolute Gasteiger partial charge is 0.426 e. The lowest BCUT2D eigenvalue weighted by Gasteiger charge is -2.27. The molecule has 1 heterocycles. The SMILES string of the molecule is CC(=O)Oc1ccccc1CCC(=O)OOC1C=CC(C(C)=O)C(C)O1. The Labute approximate surface area is 151 Å². The third kappa shape index (κ3) is 5.79. The molecule has 0 aliphatic carbocycles. The summed E-state index contributed by atoms with van der Waals surface area (Å²) in [6.07, 6.45) is 2.38. The molecule has 0 N–H and O–H groups in total. The topological polar surface area (TPSA) is 88.1 Å². The van der Waals surface area contributed by atoms with Crippen molar-refractivity contribution in [2.75, 3.05) is 0 Å². The van der Waals surface area contributed by atoms with Gasteiger partial charge in [0.2, 0.25) is 6.29 Å². The third-order valence-corrected chi connectivity index (χ3v) is 3.86. The van der Waals surface area contributed by atoms with Gasteiger partial charge in [0.05, 0.1) is 18.4 Å². The number of esters is 1. The van der Waals surface area contributed by atoms with E-state index in [-0.39, 0.29) is 24.2 Å². The molecule has 0 saturated carbocycles. The minimum Gasteiger partial charge on any atom is -0.426 e. The van der Waals surface area contributed by atoms with E-state index in [1.807, 2.05) is 0 Å². The first-order chi connectivity index (χ1) is 12.4. The van der Waals surface area contributed by atoms with Gasteiger partial charge in [0.15, 0.2) is 0 Å². The molecule has 0 radical (unpaired) electrons. The van der Waals surface area contributed by atoms with Crippen LogP contribution in [0.3, 0.4) is 0 Å². The average molecular weight is 362 g/mol. The molecular formula is C19H22O7. The van der Waals surface area contributed by atoms with Crippen LogP contribution in [-0.4, -0.2) is 30.1 Å². The highest BCUT2D eigenvalue weighted by atomic mass is 17.2. The zero-order chi connectivity index (χ0) is 19.1. The molecule has 3 atom stereocenters. The van der Waals surface area contributed by atoms with Crippen molar-refractivity contribution in [1.82, 2.24) is 0 Å². The first-order valence-corrected chi connectivity index (χ1v) is 8.33. The van der Waals surface area contributed by atoms with Gasteiger partial charge in [-0.3, -0.25) is 14.5 Å². The molecule has 0 spiro atoms. The summed E-state index contributed by atoms with van der Waals surface area (Å²) in [6, 6.07) is 6.96. The summed E-state index contributed by atoms with van der Waals surface area (Å²) in [7, 11) is 0. The van der Waals surface area contributed by atoms with Crippen molar-refractivity contribution in [2.24, 2.45) is 5.92 Å². The van der Waals surface area contributed by atoms with E-state index in [9.17, 15) is 14.4 Å². The number of Topliss-reactive ketones (excluding diaryl/α,β-unsaturated/α-hetero) is 1. The fourth-order valence-electron chi connectivity index (χ4n) is 2.57. The number of para-hydroxylation sites is 1. The second kappa shape index (κ2) is 9.26. The Hall–Kier alpha value is -2.51.